The van der Waals surface area contributed by atoms with Gasteiger partial charge >= 0.3 is 0 Å². The maximum atomic E-state index is 4.41. The van der Waals surface area contributed by atoms with Gasteiger partial charge < -0.3 is 0 Å². The first-order valence-electron chi connectivity index (χ1n) is 5.57. The largest absolute Gasteiger partial charge is 0.237 e. The number of hydrogen-bond acceptors (Lipinski definition) is 2. The summed E-state index contributed by atoms with van der Waals surface area (Å²) in [5.41, 5.74) is 3.42. The lowest BCUT2D eigenvalue weighted by molar-refractivity contribution is 0.867. The van der Waals surface area contributed by atoms with E-state index < -0.39 is 0 Å². The van der Waals surface area contributed by atoms with Crippen molar-refractivity contribution in [2.24, 2.45) is 0 Å². The van der Waals surface area contributed by atoms with Crippen LogP contribution in [0.15, 0.2) is 36.5 Å². The quantitative estimate of drug-likeness (QED) is 0.760. The van der Waals surface area contributed by atoms with E-state index in [1.54, 1.807) is 6.20 Å². The van der Waals surface area contributed by atoms with Crippen molar-refractivity contribution in [2.45, 2.75) is 26.7 Å². The summed E-state index contributed by atoms with van der Waals surface area (Å²) in [5, 5.41) is 0. The van der Waals surface area contributed by atoms with Crippen molar-refractivity contribution in [1.82, 2.24) is 9.97 Å². The molecule has 2 aromatic rings. The third kappa shape index (κ3) is 2.27. The molecule has 0 atom stereocenters. The van der Waals surface area contributed by atoms with E-state index in [1.165, 1.54) is 5.56 Å². The average molecular weight is 212 g/mol. The minimum absolute atomic E-state index is 0.562. The van der Waals surface area contributed by atoms with Crippen LogP contribution in [-0.4, -0.2) is 9.97 Å². The zero-order valence-corrected chi connectivity index (χ0v) is 9.94. The molecular formula is C14H16N2. The zero-order valence-electron chi connectivity index (χ0n) is 9.94. The molecule has 0 aliphatic carbocycles. The van der Waals surface area contributed by atoms with Crippen LogP contribution in [0.4, 0.5) is 0 Å². The Bertz CT molecular complexity index is 472. The monoisotopic (exact) mass is 212 g/mol. The molecule has 0 saturated carbocycles. The van der Waals surface area contributed by atoms with E-state index >= 15 is 0 Å². The molecule has 1 heterocycles. The Labute approximate surface area is 96.4 Å². The van der Waals surface area contributed by atoms with Gasteiger partial charge in [0.2, 0.25) is 0 Å². The molecule has 2 nitrogen and oxygen atoms in total. The summed E-state index contributed by atoms with van der Waals surface area (Å²) >= 11 is 0. The average Bonchev–Trinajstić information content (AvgIpc) is 2.29. The second kappa shape index (κ2) is 4.44. The summed E-state index contributed by atoms with van der Waals surface area (Å²) in [4.78, 5) is 8.68. The van der Waals surface area contributed by atoms with Crippen molar-refractivity contribution in [3.63, 3.8) is 0 Å². The van der Waals surface area contributed by atoms with Crippen molar-refractivity contribution >= 4 is 0 Å². The first kappa shape index (κ1) is 10.8. The van der Waals surface area contributed by atoms with Gasteiger partial charge in [0, 0.05) is 17.5 Å². The lowest BCUT2D eigenvalue weighted by Crippen LogP contribution is -1.92. The Morgan fingerprint density at radius 3 is 2.25 bits per heavy atom. The van der Waals surface area contributed by atoms with Crippen molar-refractivity contribution in [2.75, 3.05) is 0 Å². The van der Waals surface area contributed by atoms with E-state index in [0.717, 1.165) is 17.1 Å². The SMILES string of the molecule is Cc1ccnc(-c2ccc(C(C)C)cc2)n1. The van der Waals surface area contributed by atoms with Crippen LogP contribution >= 0.6 is 0 Å². The molecule has 0 radical (unpaired) electrons. The molecule has 0 fully saturated rings. The number of aryl methyl sites for hydroxylation is 1. The van der Waals surface area contributed by atoms with E-state index in [4.69, 9.17) is 0 Å². The number of nitrogens with zero attached hydrogens (tertiary/aromatic N) is 2. The highest BCUT2D eigenvalue weighted by Gasteiger charge is 2.02. The summed E-state index contributed by atoms with van der Waals surface area (Å²) in [6.07, 6.45) is 1.80. The standard InChI is InChI=1S/C14H16N2/c1-10(2)12-4-6-13(7-5-12)14-15-9-8-11(3)16-14/h4-10H,1-3H3. The molecule has 0 unspecified atom stereocenters. The zero-order chi connectivity index (χ0) is 11.5. The first-order chi connectivity index (χ1) is 7.66. The van der Waals surface area contributed by atoms with Crippen molar-refractivity contribution in [1.29, 1.82) is 0 Å². The Hall–Kier alpha value is -1.70. The Morgan fingerprint density at radius 2 is 1.69 bits per heavy atom. The molecule has 0 bridgehead atoms. The Kier molecular flexibility index (Phi) is 3.00. The van der Waals surface area contributed by atoms with Gasteiger partial charge in [0.15, 0.2) is 5.82 Å². The fourth-order valence-electron chi connectivity index (χ4n) is 1.61. The number of hydrogen-bond donors (Lipinski definition) is 0. The summed E-state index contributed by atoms with van der Waals surface area (Å²) in [6, 6.07) is 10.4. The van der Waals surface area contributed by atoms with E-state index in [-0.39, 0.29) is 0 Å². The number of rotatable bonds is 2. The van der Waals surface area contributed by atoms with Crippen LogP contribution in [-0.2, 0) is 0 Å². The lowest BCUT2D eigenvalue weighted by atomic mass is 10.0. The van der Waals surface area contributed by atoms with Gasteiger partial charge in [-0.15, -0.1) is 0 Å². The van der Waals surface area contributed by atoms with E-state index in [1.807, 2.05) is 13.0 Å². The lowest BCUT2D eigenvalue weighted by Gasteiger charge is -2.06. The third-order valence-corrected chi connectivity index (χ3v) is 2.63. The highest BCUT2D eigenvalue weighted by molar-refractivity contribution is 5.55. The second-order valence-corrected chi connectivity index (χ2v) is 4.30. The highest BCUT2D eigenvalue weighted by Crippen LogP contribution is 2.19. The second-order valence-electron chi connectivity index (χ2n) is 4.30. The van der Waals surface area contributed by atoms with Crippen LogP contribution in [0.3, 0.4) is 0 Å². The predicted molar refractivity (Wildman–Crippen MR) is 66.3 cm³/mol. The third-order valence-electron chi connectivity index (χ3n) is 2.63. The van der Waals surface area contributed by atoms with Crippen LogP contribution < -0.4 is 0 Å². The highest BCUT2D eigenvalue weighted by atomic mass is 14.9. The van der Waals surface area contributed by atoms with Crippen LogP contribution in [0.5, 0.6) is 0 Å². The van der Waals surface area contributed by atoms with Gasteiger partial charge in [0.25, 0.3) is 0 Å². The molecule has 82 valence electrons. The molecule has 2 heteroatoms. The minimum Gasteiger partial charge on any atom is -0.237 e. The van der Waals surface area contributed by atoms with Crippen molar-refractivity contribution in [3.8, 4) is 11.4 Å². The number of benzene rings is 1. The molecule has 16 heavy (non-hydrogen) atoms. The molecule has 0 saturated heterocycles. The maximum absolute atomic E-state index is 4.41. The topological polar surface area (TPSA) is 25.8 Å². The summed E-state index contributed by atoms with van der Waals surface area (Å²) in [6.45, 7) is 6.37. The predicted octanol–water partition coefficient (Wildman–Crippen LogP) is 3.58. The van der Waals surface area contributed by atoms with Gasteiger partial charge in [0.1, 0.15) is 0 Å². The summed E-state index contributed by atoms with van der Waals surface area (Å²) in [7, 11) is 0. The number of aromatic nitrogens is 2. The molecule has 1 aromatic carbocycles. The van der Waals surface area contributed by atoms with Gasteiger partial charge in [-0.2, -0.15) is 0 Å². The molecule has 0 N–H and O–H groups in total. The van der Waals surface area contributed by atoms with E-state index in [9.17, 15) is 0 Å². The van der Waals surface area contributed by atoms with Crippen molar-refractivity contribution in [3.05, 3.63) is 47.8 Å². The first-order valence-corrected chi connectivity index (χ1v) is 5.57. The molecule has 0 amide bonds. The summed E-state index contributed by atoms with van der Waals surface area (Å²) < 4.78 is 0. The Morgan fingerprint density at radius 1 is 1.00 bits per heavy atom. The van der Waals surface area contributed by atoms with Gasteiger partial charge in [-0.25, -0.2) is 9.97 Å². The molecule has 2 rings (SSSR count). The summed E-state index contributed by atoms with van der Waals surface area (Å²) in [5.74, 6) is 1.36. The normalized spacial score (nSPS) is 10.8. The molecule has 1 aromatic heterocycles. The fourth-order valence-corrected chi connectivity index (χ4v) is 1.61. The fraction of sp³-hybridized carbons (Fsp3) is 0.286. The maximum Gasteiger partial charge on any atom is 0.159 e. The minimum atomic E-state index is 0.562. The van der Waals surface area contributed by atoms with Crippen molar-refractivity contribution < 1.29 is 0 Å². The van der Waals surface area contributed by atoms with Crippen LogP contribution in [0.1, 0.15) is 31.0 Å². The Balaban J connectivity index is 2.35. The van der Waals surface area contributed by atoms with E-state index in [0.29, 0.717) is 5.92 Å². The molecular weight excluding hydrogens is 196 g/mol. The van der Waals surface area contributed by atoms with Crippen LogP contribution in [0, 0.1) is 6.92 Å². The van der Waals surface area contributed by atoms with E-state index in [2.05, 4.69) is 48.1 Å². The van der Waals surface area contributed by atoms with Gasteiger partial charge in [0.05, 0.1) is 0 Å². The smallest absolute Gasteiger partial charge is 0.159 e. The molecule has 0 aliphatic heterocycles. The van der Waals surface area contributed by atoms with Gasteiger partial charge in [-0.3, -0.25) is 0 Å². The molecule has 0 aliphatic rings. The van der Waals surface area contributed by atoms with Gasteiger partial charge in [-0.05, 0) is 24.5 Å². The molecule has 0 spiro atoms. The van der Waals surface area contributed by atoms with Crippen LogP contribution in [0.2, 0.25) is 0 Å². The van der Waals surface area contributed by atoms with Gasteiger partial charge in [-0.1, -0.05) is 38.1 Å². The van der Waals surface area contributed by atoms with Crippen LogP contribution in [0.25, 0.3) is 11.4 Å².